The van der Waals surface area contributed by atoms with Crippen molar-refractivity contribution in [1.82, 2.24) is 39.8 Å². The predicted octanol–water partition coefficient (Wildman–Crippen LogP) is 17.8. The summed E-state index contributed by atoms with van der Waals surface area (Å²) in [7, 11) is -2.21. The maximum absolute atomic E-state index is 13.7. The number of carbonyl (C=O) groups excluding carboxylic acids is 3. The predicted molar refractivity (Wildman–Crippen MR) is 450 cm³/mol. The van der Waals surface area contributed by atoms with E-state index in [-0.39, 0.29) is 64.0 Å². The Balaban J connectivity index is 0.000000135. The summed E-state index contributed by atoms with van der Waals surface area (Å²) in [6.45, 7) is 4.33. The number of aliphatic hydroxyl groups is 1. The molecule has 7 aromatic carbocycles. The summed E-state index contributed by atoms with van der Waals surface area (Å²) in [4.78, 5) is 67.2. The first-order valence-electron chi connectivity index (χ1n) is 38.0. The molecule has 9 heterocycles. The Bertz CT molecular complexity index is 5860. The number of sulfonamides is 1. The fraction of sp³-hybridized carbons (Fsp3) is 0.225. The number of nitrogens with one attached hydrogen (secondary N) is 1. The van der Waals surface area contributed by atoms with Gasteiger partial charge in [0.25, 0.3) is 21.8 Å². The number of H-pyrrole nitrogens is 1. The summed E-state index contributed by atoms with van der Waals surface area (Å²) in [6, 6.07) is 67.3. The highest BCUT2D eigenvalue weighted by Gasteiger charge is 2.41. The van der Waals surface area contributed by atoms with Crippen molar-refractivity contribution in [3.63, 3.8) is 0 Å². The quantitative estimate of drug-likeness (QED) is 0.0565. The Morgan fingerprint density at radius 3 is 1.86 bits per heavy atom. The number of ketones is 1. The molecule has 7 aromatic heterocycles. The minimum atomic E-state index is -4.62. The van der Waals surface area contributed by atoms with Crippen LogP contribution in [0.3, 0.4) is 0 Å². The Morgan fingerprint density at radius 1 is 0.647 bits per heavy atom. The zero-order chi connectivity index (χ0) is 81.3. The van der Waals surface area contributed by atoms with Gasteiger partial charge in [-0.25, -0.2) is 28.5 Å². The highest BCUT2D eigenvalue weighted by molar-refractivity contribution is 7.93. The molecule has 14 aromatic rings. The number of rotatable bonds is 21. The largest absolute Gasteiger partial charge is 0.497 e. The maximum Gasteiger partial charge on any atom is 0.456 e. The van der Waals surface area contributed by atoms with Gasteiger partial charge in [-0.2, -0.15) is 13.2 Å². The standard InChI is InChI=1S/C26H23N3O.C22H22N2O5S.C21H20N2OS3.C20H19F3N4O2/c30-26(29-16-8-3-9-17-29)21-14-15-22-23(18-21)28-25(20-12-6-2-7-13-20)24(27-22)19-10-4-1-5-11-19;1-29-22-10-9-18(16-25)13-21(22)24(30(27,28)20-7-3-2-4-8-20)15-19(26)12-17-6-5-11-23-14-17;1-2-3-12-27(24)21-19(22)18-15(14-8-5-4-6-9-14)13-16(23-20(18)26-21)17-10-7-11-25-17;1-29-14-7-5-13(6-8-14)15-11-17(20(21,22)23)27-18(24-15)12-16(25-27)19(28)26-9-3-2-4-10-26/h1-2,4-7,10-15,18H,3,8-9,16-17H2;2-11,13-14,25H,12,15-16H2,1H3;4-11,13H,2-3,12,22H2,1H3;5-8,11-12H,2-4,9-10H2,1H3/p+1. The molecule has 2 aliphatic rings. The first-order chi connectivity index (χ1) is 56.3. The highest BCUT2D eigenvalue weighted by Crippen LogP contribution is 2.44. The van der Waals surface area contributed by atoms with Crippen molar-refractivity contribution >= 4 is 99.4 Å². The monoisotopic (exact) mass is 1640 g/mol. The normalized spacial score (nSPS) is 13.2. The molecule has 594 valence electrons. The van der Waals surface area contributed by atoms with Gasteiger partial charge in [-0.1, -0.05) is 141 Å². The van der Waals surface area contributed by atoms with Crippen molar-refractivity contribution in [1.29, 1.82) is 0 Å². The van der Waals surface area contributed by atoms with E-state index in [4.69, 9.17) is 30.2 Å². The zero-order valence-corrected chi connectivity index (χ0v) is 67.3. The van der Waals surface area contributed by atoms with Gasteiger partial charge in [0.15, 0.2) is 11.5 Å². The lowest BCUT2D eigenvalue weighted by molar-refractivity contribution is -0.604. The van der Waals surface area contributed by atoms with Crippen LogP contribution in [0.25, 0.3) is 82.4 Å². The molecule has 20 nitrogen and oxygen atoms in total. The highest BCUT2D eigenvalue weighted by atomic mass is 32.2. The molecule has 4 N–H and O–H groups in total. The Kier molecular flexibility index (Phi) is 26.9. The smallest absolute Gasteiger partial charge is 0.456 e. The first kappa shape index (κ1) is 82.1. The number of thiophene rings is 2. The van der Waals surface area contributed by atoms with E-state index in [0.29, 0.717) is 52.5 Å². The van der Waals surface area contributed by atoms with Crippen molar-refractivity contribution in [3.8, 4) is 67.0 Å². The van der Waals surface area contributed by atoms with Crippen LogP contribution >= 0.6 is 22.7 Å². The summed E-state index contributed by atoms with van der Waals surface area (Å²) >= 11 is 3.14. The Morgan fingerprint density at radius 2 is 1.28 bits per heavy atom. The number of carbonyl (C=O) groups is 3. The van der Waals surface area contributed by atoms with Gasteiger partial charge in [0.2, 0.25) is 5.69 Å². The molecular weight excluding hydrogens is 1550 g/mol. The van der Waals surface area contributed by atoms with E-state index in [1.807, 2.05) is 95.9 Å². The number of nitrogen functional groups attached to an aromatic ring is 1. The number of hydrogen-bond acceptors (Lipinski definition) is 17. The van der Waals surface area contributed by atoms with Gasteiger partial charge in [0, 0.05) is 84.5 Å². The molecule has 2 aliphatic heterocycles. The Labute approximate surface area is 680 Å². The third-order valence-electron chi connectivity index (χ3n) is 19.6. The Hall–Kier alpha value is -11.9. The number of benzene rings is 7. The van der Waals surface area contributed by atoms with Gasteiger partial charge in [0.1, 0.15) is 26.2 Å². The average Bonchev–Trinajstić information content (AvgIpc) is 1.58. The lowest BCUT2D eigenvalue weighted by atomic mass is 10.0. The number of alkyl halides is 3. The topological polar surface area (TPSA) is 261 Å². The molecule has 0 aliphatic carbocycles. The molecule has 0 saturated carbocycles. The summed E-state index contributed by atoms with van der Waals surface area (Å²) < 4.78 is 93.8. The molecule has 0 bridgehead atoms. The number of amides is 2. The second kappa shape index (κ2) is 38.0. The van der Waals surface area contributed by atoms with Crippen LogP contribution in [-0.2, 0) is 44.8 Å². The van der Waals surface area contributed by atoms with E-state index in [0.717, 1.165) is 143 Å². The van der Waals surface area contributed by atoms with Crippen LogP contribution in [0.2, 0.25) is 0 Å². The summed E-state index contributed by atoms with van der Waals surface area (Å²) in [6.07, 6.45) is 6.75. The number of aromatic nitrogens is 7. The number of methoxy groups -OCH3 is 2. The molecule has 0 radical (unpaired) electrons. The van der Waals surface area contributed by atoms with E-state index < -0.39 is 39.2 Å². The van der Waals surface area contributed by atoms with Crippen LogP contribution in [0.4, 0.5) is 24.5 Å². The minimum absolute atomic E-state index is 0.0333. The van der Waals surface area contributed by atoms with Gasteiger partial charge < -0.3 is 30.1 Å². The number of hydrogen-bond donors (Lipinski definition) is 3. The molecule has 0 spiro atoms. The molecule has 116 heavy (non-hydrogen) atoms. The molecule has 2 saturated heterocycles. The molecular formula is C89H85F3N11O9S4+. The third kappa shape index (κ3) is 19.5. The number of nitrogens with two attached hydrogens (primary N) is 1. The van der Waals surface area contributed by atoms with Gasteiger partial charge in [-0.05, 0) is 162 Å². The van der Waals surface area contributed by atoms with Crippen molar-refractivity contribution in [3.05, 3.63) is 270 Å². The number of piperidine rings is 2. The van der Waals surface area contributed by atoms with Crippen LogP contribution in [0.15, 0.2) is 251 Å². The number of unbranched alkanes of at least 4 members (excludes halogenated alkanes) is 1. The summed E-state index contributed by atoms with van der Waals surface area (Å²) in [5.74, 6) is 0.990. The summed E-state index contributed by atoms with van der Waals surface area (Å²) in [5, 5.41) is 15.1. The van der Waals surface area contributed by atoms with Crippen LogP contribution in [0.1, 0.15) is 96.0 Å². The zero-order valence-electron chi connectivity index (χ0n) is 64.0. The van der Waals surface area contributed by atoms with Crippen LogP contribution in [0, 0.1) is 0 Å². The first-order valence-corrected chi connectivity index (χ1v) is 42.4. The molecule has 2 amide bonds. The maximum atomic E-state index is 13.7. The molecule has 1 atom stereocenters. The number of nitrogens with zero attached hydrogens (tertiary/aromatic N) is 9. The number of anilines is 2. The van der Waals surface area contributed by atoms with Crippen LogP contribution in [0.5, 0.6) is 11.5 Å². The van der Waals surface area contributed by atoms with E-state index in [9.17, 15) is 45.3 Å². The second-order valence-electron chi connectivity index (χ2n) is 27.5. The van der Waals surface area contributed by atoms with Crippen molar-refractivity contribution in [2.45, 2.75) is 86.6 Å². The lowest BCUT2D eigenvalue weighted by Gasteiger charge is -2.26. The van der Waals surface area contributed by atoms with Crippen molar-refractivity contribution < 1.29 is 59.3 Å². The number of ether oxygens (including phenoxy) is 2. The molecule has 27 heteroatoms. The van der Waals surface area contributed by atoms with Gasteiger partial charge in [-0.3, -0.25) is 27.9 Å². The second-order valence-corrected chi connectivity index (χ2v) is 33.1. The van der Waals surface area contributed by atoms with Gasteiger partial charge in [-0.15, -0.1) is 27.2 Å². The number of halogens is 3. The lowest BCUT2D eigenvalue weighted by Crippen LogP contribution is -2.38. The van der Waals surface area contributed by atoms with E-state index in [1.165, 1.54) is 56.2 Å². The third-order valence-corrected chi connectivity index (χ3v) is 25.2. The fourth-order valence-corrected chi connectivity index (χ4v) is 18.6. The minimum Gasteiger partial charge on any atom is -0.497 e. The number of aromatic amines is 1. The average molecular weight is 1640 g/mol. The van der Waals surface area contributed by atoms with Gasteiger partial charge in [0.05, 0.1) is 93.5 Å². The van der Waals surface area contributed by atoms with Crippen LogP contribution < -0.4 is 24.0 Å². The van der Waals surface area contributed by atoms with Crippen molar-refractivity contribution in [2.75, 3.05) is 62.7 Å². The van der Waals surface area contributed by atoms with E-state index in [1.54, 1.807) is 95.4 Å². The molecule has 2 fully saturated rings. The fourth-order valence-electron chi connectivity index (χ4n) is 13.6. The number of aliphatic hydroxyl groups excluding tert-OH is 1. The molecule has 16 rings (SSSR count). The van der Waals surface area contributed by atoms with Gasteiger partial charge >= 0.3 is 11.8 Å². The van der Waals surface area contributed by atoms with E-state index in [2.05, 4.69) is 63.8 Å². The number of pyridine rings is 2. The SMILES string of the molecule is CCCCS(=O)c1sc2nc(-c3cccs3)cc(-c3ccccc3)c2c1N.COc1ccc(-c2cc(C(F)(F)F)[n+]3[nH]c(C(=O)N4CCCCC4)cc3n2)cc1.COc1ccc(CO)cc1N(CC(=O)Cc1cccnc1)S(=O)(=O)c1ccccc1.O=C(c1ccc2nc(-c3ccccc3)c(-c3ccccc3)nc2c1)N1CCCCC1. The summed E-state index contributed by atoms with van der Waals surface area (Å²) in [5.41, 5.74) is 17.4. The number of Topliss-reactive ketones (excluding diaryl/α,β-unsaturated/α-hetero) is 1. The van der Waals surface area contributed by atoms with Crippen molar-refractivity contribution in [2.24, 2.45) is 0 Å². The number of likely N-dealkylation sites (tertiary alicyclic amines) is 2. The van der Waals surface area contributed by atoms with Crippen LogP contribution in [-0.4, -0.2) is 128 Å². The number of fused-ring (bicyclic) bond motifs is 3. The van der Waals surface area contributed by atoms with E-state index >= 15 is 0 Å². The molecule has 1 unspecified atom stereocenters.